The van der Waals surface area contributed by atoms with Crippen LogP contribution in [0.4, 0.5) is 11.4 Å². The van der Waals surface area contributed by atoms with Crippen LogP contribution in [0, 0.1) is 0 Å². The van der Waals surface area contributed by atoms with Crippen LogP contribution in [0.25, 0.3) is 0 Å². The molecule has 2 aliphatic rings. The Bertz CT molecular complexity index is 900. The van der Waals surface area contributed by atoms with E-state index in [1.165, 1.54) is 25.1 Å². The van der Waals surface area contributed by atoms with Gasteiger partial charge in [-0.05, 0) is 50.8 Å². The third kappa shape index (κ3) is 4.11. The molecule has 1 fully saturated rings. The maximum absolute atomic E-state index is 13.3. The highest BCUT2D eigenvalue weighted by molar-refractivity contribution is 7.89. The van der Waals surface area contributed by atoms with Gasteiger partial charge >= 0.3 is 0 Å². The molecule has 1 aromatic rings. The van der Waals surface area contributed by atoms with Crippen LogP contribution in [0.2, 0.25) is 0 Å². The van der Waals surface area contributed by atoms with Crippen molar-refractivity contribution in [1.82, 2.24) is 9.62 Å². The van der Waals surface area contributed by atoms with Gasteiger partial charge in [-0.3, -0.25) is 14.5 Å². The van der Waals surface area contributed by atoms with Crippen molar-refractivity contribution in [3.63, 3.8) is 0 Å². The van der Waals surface area contributed by atoms with E-state index in [9.17, 15) is 18.0 Å². The lowest BCUT2D eigenvalue weighted by Gasteiger charge is -2.45. The Kier molecular flexibility index (Phi) is 6.19. The number of carbonyl (C=O) groups is 2. The number of piperidine rings is 1. The molecule has 1 aromatic carbocycles. The highest BCUT2D eigenvalue weighted by atomic mass is 32.2. The lowest BCUT2D eigenvalue weighted by molar-refractivity contribution is -0.125. The number of fused-ring (bicyclic) bond motifs is 3. The van der Waals surface area contributed by atoms with Crippen molar-refractivity contribution < 1.29 is 18.0 Å². The minimum atomic E-state index is -3.66. The standard InChI is InChI=1S/C20H30N4O4S/c1-5-14(2)21-19(25)13-24-18-12-15(29(27,28)22(3)4)9-10-16(18)23-11-7-6-8-17(23)20(24)26/h9-10,12,14,17H,5-8,11,13H2,1-4H3,(H,21,25). The van der Waals surface area contributed by atoms with Gasteiger partial charge in [0.15, 0.2) is 0 Å². The molecule has 8 nitrogen and oxygen atoms in total. The van der Waals surface area contributed by atoms with E-state index in [4.69, 9.17) is 0 Å². The summed E-state index contributed by atoms with van der Waals surface area (Å²) in [5.74, 6) is -0.389. The fraction of sp³-hybridized carbons (Fsp3) is 0.600. The zero-order chi connectivity index (χ0) is 21.3. The van der Waals surface area contributed by atoms with Crippen LogP contribution in [0.3, 0.4) is 0 Å². The Labute approximate surface area is 172 Å². The van der Waals surface area contributed by atoms with Gasteiger partial charge in [0.05, 0.1) is 16.3 Å². The van der Waals surface area contributed by atoms with Gasteiger partial charge in [0, 0.05) is 26.7 Å². The fourth-order valence-corrected chi connectivity index (χ4v) is 4.76. The van der Waals surface area contributed by atoms with E-state index >= 15 is 0 Å². The van der Waals surface area contributed by atoms with E-state index in [1.807, 2.05) is 13.8 Å². The molecule has 0 radical (unpaired) electrons. The molecule has 1 N–H and O–H groups in total. The van der Waals surface area contributed by atoms with Crippen molar-refractivity contribution in [2.75, 3.05) is 37.0 Å². The number of hydrogen-bond donors (Lipinski definition) is 1. The van der Waals surface area contributed by atoms with Crippen molar-refractivity contribution in [2.45, 2.75) is 56.5 Å². The van der Waals surface area contributed by atoms with Crippen LogP contribution in [0.5, 0.6) is 0 Å². The minimum absolute atomic E-state index is 0.00787. The number of carbonyl (C=O) groups excluding carboxylic acids is 2. The van der Waals surface area contributed by atoms with Gasteiger partial charge in [0.25, 0.3) is 0 Å². The summed E-state index contributed by atoms with van der Waals surface area (Å²) in [6.45, 7) is 4.52. The van der Waals surface area contributed by atoms with E-state index in [0.29, 0.717) is 5.69 Å². The van der Waals surface area contributed by atoms with Crippen LogP contribution in [-0.2, 0) is 19.6 Å². The van der Waals surface area contributed by atoms with E-state index < -0.39 is 10.0 Å². The molecule has 0 saturated carbocycles. The summed E-state index contributed by atoms with van der Waals surface area (Å²) in [6.07, 6.45) is 3.47. The molecule has 1 saturated heterocycles. The molecule has 9 heteroatoms. The Morgan fingerprint density at radius 3 is 2.66 bits per heavy atom. The maximum Gasteiger partial charge on any atom is 0.250 e. The predicted octanol–water partition coefficient (Wildman–Crippen LogP) is 1.56. The van der Waals surface area contributed by atoms with Gasteiger partial charge in [-0.2, -0.15) is 0 Å². The highest BCUT2D eigenvalue weighted by Crippen LogP contribution is 2.40. The Balaban J connectivity index is 2.04. The van der Waals surface area contributed by atoms with Crippen molar-refractivity contribution in [1.29, 1.82) is 0 Å². The van der Waals surface area contributed by atoms with E-state index in [1.54, 1.807) is 12.1 Å². The summed E-state index contributed by atoms with van der Waals surface area (Å²) in [5, 5.41) is 2.89. The van der Waals surface area contributed by atoms with Crippen LogP contribution in [0.1, 0.15) is 39.5 Å². The van der Waals surface area contributed by atoms with Crippen LogP contribution in [-0.4, -0.2) is 63.8 Å². The highest BCUT2D eigenvalue weighted by Gasteiger charge is 2.40. The summed E-state index contributed by atoms with van der Waals surface area (Å²) in [4.78, 5) is 29.4. The van der Waals surface area contributed by atoms with Crippen molar-refractivity contribution in [3.05, 3.63) is 18.2 Å². The first-order valence-corrected chi connectivity index (χ1v) is 11.5. The molecule has 160 valence electrons. The second-order valence-electron chi connectivity index (χ2n) is 7.94. The van der Waals surface area contributed by atoms with Crippen LogP contribution >= 0.6 is 0 Å². The molecule has 2 heterocycles. The third-order valence-corrected chi connectivity index (χ3v) is 7.51. The summed E-state index contributed by atoms with van der Waals surface area (Å²) < 4.78 is 26.4. The minimum Gasteiger partial charge on any atom is -0.358 e. The predicted molar refractivity (Wildman–Crippen MR) is 113 cm³/mol. The first kappa shape index (κ1) is 21.6. The Hall–Kier alpha value is -2.13. The zero-order valence-corrected chi connectivity index (χ0v) is 18.3. The molecule has 0 spiro atoms. The van der Waals surface area contributed by atoms with E-state index in [2.05, 4.69) is 10.2 Å². The average Bonchev–Trinajstić information content (AvgIpc) is 2.70. The molecule has 2 amide bonds. The second kappa shape index (κ2) is 8.31. The summed E-state index contributed by atoms with van der Waals surface area (Å²) in [6, 6.07) is 4.56. The quantitative estimate of drug-likeness (QED) is 0.751. The maximum atomic E-state index is 13.3. The van der Waals surface area contributed by atoms with Crippen molar-refractivity contribution >= 4 is 33.2 Å². The number of rotatable bonds is 6. The number of benzene rings is 1. The smallest absolute Gasteiger partial charge is 0.250 e. The molecule has 0 bridgehead atoms. The summed E-state index contributed by atoms with van der Waals surface area (Å²) >= 11 is 0. The van der Waals surface area contributed by atoms with E-state index in [0.717, 1.165) is 42.2 Å². The first-order valence-electron chi connectivity index (χ1n) is 10.1. The molecule has 2 aliphatic heterocycles. The summed E-state index contributed by atoms with van der Waals surface area (Å²) in [5.41, 5.74) is 1.29. The third-order valence-electron chi connectivity index (χ3n) is 5.70. The van der Waals surface area contributed by atoms with Gasteiger partial charge in [0.1, 0.15) is 12.6 Å². The molecule has 3 rings (SSSR count). The fourth-order valence-electron chi connectivity index (χ4n) is 3.84. The number of hydrogen-bond acceptors (Lipinski definition) is 5. The monoisotopic (exact) mass is 422 g/mol. The molecule has 0 aliphatic carbocycles. The number of anilines is 2. The lowest BCUT2D eigenvalue weighted by atomic mass is 9.96. The number of sulfonamides is 1. The molecule has 2 unspecified atom stereocenters. The van der Waals surface area contributed by atoms with Gasteiger partial charge in [0.2, 0.25) is 21.8 Å². The normalized spacial score (nSPS) is 20.3. The first-order chi connectivity index (χ1) is 13.7. The van der Waals surface area contributed by atoms with Crippen LogP contribution in [0.15, 0.2) is 23.1 Å². The van der Waals surface area contributed by atoms with Crippen LogP contribution < -0.4 is 15.1 Å². The summed E-state index contributed by atoms with van der Waals surface area (Å²) in [7, 11) is -0.715. The van der Waals surface area contributed by atoms with Gasteiger partial charge in [-0.25, -0.2) is 12.7 Å². The van der Waals surface area contributed by atoms with E-state index in [-0.39, 0.29) is 35.3 Å². The molecular formula is C20H30N4O4S. The Morgan fingerprint density at radius 1 is 1.28 bits per heavy atom. The zero-order valence-electron chi connectivity index (χ0n) is 17.5. The average molecular weight is 423 g/mol. The van der Waals surface area contributed by atoms with Crippen molar-refractivity contribution in [2.24, 2.45) is 0 Å². The van der Waals surface area contributed by atoms with Gasteiger partial charge < -0.3 is 10.2 Å². The molecule has 0 aromatic heterocycles. The lowest BCUT2D eigenvalue weighted by Crippen LogP contribution is -2.57. The number of nitrogens with one attached hydrogen (secondary N) is 1. The Morgan fingerprint density at radius 2 is 2.00 bits per heavy atom. The number of nitrogens with zero attached hydrogens (tertiary/aromatic N) is 3. The van der Waals surface area contributed by atoms with Gasteiger partial charge in [-0.15, -0.1) is 0 Å². The van der Waals surface area contributed by atoms with Crippen molar-refractivity contribution in [3.8, 4) is 0 Å². The largest absolute Gasteiger partial charge is 0.358 e. The SMILES string of the molecule is CCC(C)NC(=O)CN1C(=O)C2CCCCN2c2ccc(S(=O)(=O)N(C)C)cc21. The van der Waals surface area contributed by atoms with Gasteiger partial charge in [-0.1, -0.05) is 6.92 Å². The molecular weight excluding hydrogens is 392 g/mol. The topological polar surface area (TPSA) is 90.0 Å². The number of amides is 2. The second-order valence-corrected chi connectivity index (χ2v) is 10.1. The molecule has 29 heavy (non-hydrogen) atoms. The molecule has 2 atom stereocenters.